The fourth-order valence-corrected chi connectivity index (χ4v) is 3.13. The van der Waals surface area contributed by atoms with Crippen LogP contribution in [0.4, 0.5) is 0 Å². The summed E-state index contributed by atoms with van der Waals surface area (Å²) in [6, 6.07) is 17.6. The monoisotopic (exact) mass is 340 g/mol. The zero-order valence-corrected chi connectivity index (χ0v) is 14.3. The highest BCUT2D eigenvalue weighted by atomic mass is 16.5. The quantitative estimate of drug-likeness (QED) is 0.782. The largest absolute Gasteiger partial charge is 0.489 e. The summed E-state index contributed by atoms with van der Waals surface area (Å²) in [5, 5.41) is 9.41. The van der Waals surface area contributed by atoms with E-state index >= 15 is 0 Å². The maximum absolute atomic E-state index is 11.5. The lowest BCUT2D eigenvalue weighted by Crippen LogP contribution is -2.30. The van der Waals surface area contributed by atoms with E-state index in [1.54, 1.807) is 0 Å². The first-order valence-corrected chi connectivity index (χ1v) is 8.84. The molecule has 0 heterocycles. The van der Waals surface area contributed by atoms with Crippen molar-refractivity contribution in [1.29, 1.82) is 0 Å². The Morgan fingerprint density at radius 1 is 1.00 bits per heavy atom. The number of benzene rings is 2. The molecule has 0 amide bonds. The van der Waals surface area contributed by atoms with Crippen LogP contribution in [0.25, 0.3) is 0 Å². The van der Waals surface area contributed by atoms with Crippen molar-refractivity contribution < 1.29 is 19.4 Å². The Bertz CT molecular complexity index is 660. The number of carbonyl (C=O) groups is 1. The molecule has 1 unspecified atom stereocenters. The Kier molecular flexibility index (Phi) is 6.07. The van der Waals surface area contributed by atoms with Gasteiger partial charge in [0.05, 0.1) is 6.10 Å². The van der Waals surface area contributed by atoms with Crippen molar-refractivity contribution >= 4 is 5.97 Å². The molecule has 2 aromatic carbocycles. The topological polar surface area (TPSA) is 55.8 Å². The SMILES string of the molecule is O=C(O)C(Cc1ccc(OCc2ccccc2)cc1)OC1CCCC1. The minimum absolute atomic E-state index is 0.0922. The maximum Gasteiger partial charge on any atom is 0.333 e. The average molecular weight is 340 g/mol. The van der Waals surface area contributed by atoms with Gasteiger partial charge in [0.1, 0.15) is 12.4 Å². The molecular weight excluding hydrogens is 316 g/mol. The summed E-state index contributed by atoms with van der Waals surface area (Å²) in [7, 11) is 0. The molecular formula is C21H24O4. The lowest BCUT2D eigenvalue weighted by molar-refractivity contribution is -0.154. The fourth-order valence-electron chi connectivity index (χ4n) is 3.13. The Balaban J connectivity index is 1.54. The minimum atomic E-state index is -0.892. The van der Waals surface area contributed by atoms with Gasteiger partial charge in [0.25, 0.3) is 0 Å². The van der Waals surface area contributed by atoms with E-state index < -0.39 is 12.1 Å². The highest BCUT2D eigenvalue weighted by Crippen LogP contribution is 2.24. The number of hydrogen-bond acceptors (Lipinski definition) is 3. The number of carboxylic acids is 1. The van der Waals surface area contributed by atoms with Crippen molar-refractivity contribution in [3.63, 3.8) is 0 Å². The van der Waals surface area contributed by atoms with Crippen molar-refractivity contribution in [1.82, 2.24) is 0 Å². The third kappa shape index (κ3) is 5.33. The summed E-state index contributed by atoms with van der Waals surface area (Å²) in [6.07, 6.45) is 3.89. The smallest absolute Gasteiger partial charge is 0.333 e. The second kappa shape index (κ2) is 8.67. The Labute approximate surface area is 148 Å². The number of ether oxygens (including phenoxy) is 2. The van der Waals surface area contributed by atoms with Gasteiger partial charge in [0, 0.05) is 6.42 Å². The molecule has 0 saturated heterocycles. The van der Waals surface area contributed by atoms with Gasteiger partial charge in [-0.25, -0.2) is 4.79 Å². The molecule has 4 heteroatoms. The molecule has 1 saturated carbocycles. The third-order valence-corrected chi connectivity index (χ3v) is 4.53. The van der Waals surface area contributed by atoms with E-state index in [1.165, 1.54) is 0 Å². The fraction of sp³-hybridized carbons (Fsp3) is 0.381. The van der Waals surface area contributed by atoms with Crippen LogP contribution in [-0.4, -0.2) is 23.3 Å². The molecule has 1 aliphatic carbocycles. The van der Waals surface area contributed by atoms with Crippen LogP contribution in [0.2, 0.25) is 0 Å². The van der Waals surface area contributed by atoms with Crippen LogP contribution in [0.5, 0.6) is 5.75 Å². The molecule has 1 fully saturated rings. The lowest BCUT2D eigenvalue weighted by atomic mass is 10.1. The summed E-state index contributed by atoms with van der Waals surface area (Å²) in [5.41, 5.74) is 2.06. The molecule has 1 atom stereocenters. The van der Waals surface area contributed by atoms with Gasteiger partial charge in [-0.2, -0.15) is 0 Å². The van der Waals surface area contributed by atoms with E-state index in [9.17, 15) is 9.90 Å². The van der Waals surface area contributed by atoms with Gasteiger partial charge in [-0.15, -0.1) is 0 Å². The van der Waals surface area contributed by atoms with E-state index in [2.05, 4.69) is 0 Å². The van der Waals surface area contributed by atoms with Gasteiger partial charge >= 0.3 is 5.97 Å². The number of rotatable bonds is 8. The molecule has 4 nitrogen and oxygen atoms in total. The van der Waals surface area contributed by atoms with E-state index in [1.807, 2.05) is 54.6 Å². The standard InChI is InChI=1S/C21H24O4/c22-21(23)20(25-19-8-4-5-9-19)14-16-10-12-18(13-11-16)24-15-17-6-2-1-3-7-17/h1-3,6-7,10-13,19-20H,4-5,8-9,14-15H2,(H,22,23). The van der Waals surface area contributed by atoms with Crippen molar-refractivity contribution in [2.24, 2.45) is 0 Å². The summed E-state index contributed by atoms with van der Waals surface area (Å²) in [5.74, 6) is -0.118. The first-order valence-electron chi connectivity index (χ1n) is 8.84. The minimum Gasteiger partial charge on any atom is -0.489 e. The first kappa shape index (κ1) is 17.5. The van der Waals surface area contributed by atoms with Gasteiger partial charge in [-0.1, -0.05) is 55.3 Å². The zero-order chi connectivity index (χ0) is 17.5. The van der Waals surface area contributed by atoms with Gasteiger partial charge < -0.3 is 14.6 Å². The Morgan fingerprint density at radius 3 is 2.32 bits per heavy atom. The van der Waals surface area contributed by atoms with Crippen LogP contribution < -0.4 is 4.74 Å². The van der Waals surface area contributed by atoms with Crippen molar-refractivity contribution in [3.05, 3.63) is 65.7 Å². The number of hydrogen-bond donors (Lipinski definition) is 1. The highest BCUT2D eigenvalue weighted by molar-refractivity contribution is 5.72. The van der Waals surface area contributed by atoms with Gasteiger partial charge in [0.15, 0.2) is 6.10 Å². The summed E-state index contributed by atoms with van der Waals surface area (Å²) in [6.45, 7) is 0.517. The molecule has 0 aliphatic heterocycles. The third-order valence-electron chi connectivity index (χ3n) is 4.53. The van der Waals surface area contributed by atoms with E-state index in [0.29, 0.717) is 13.0 Å². The average Bonchev–Trinajstić information content (AvgIpc) is 3.14. The summed E-state index contributed by atoms with van der Waals surface area (Å²) >= 11 is 0. The molecule has 0 aromatic heterocycles. The van der Waals surface area contributed by atoms with Crippen LogP contribution in [0.15, 0.2) is 54.6 Å². The van der Waals surface area contributed by atoms with Crippen molar-refractivity contribution in [2.45, 2.75) is 50.9 Å². The second-order valence-electron chi connectivity index (χ2n) is 6.49. The van der Waals surface area contributed by atoms with Gasteiger partial charge in [-0.3, -0.25) is 0 Å². The normalized spacial score (nSPS) is 15.8. The highest BCUT2D eigenvalue weighted by Gasteiger charge is 2.25. The molecule has 132 valence electrons. The van der Waals surface area contributed by atoms with E-state index in [4.69, 9.17) is 9.47 Å². The van der Waals surface area contributed by atoms with Crippen LogP contribution in [0.1, 0.15) is 36.8 Å². The van der Waals surface area contributed by atoms with Gasteiger partial charge in [-0.05, 0) is 36.1 Å². The predicted octanol–water partition coefficient (Wildman–Crippen LogP) is 4.22. The predicted molar refractivity (Wildman–Crippen MR) is 95.7 cm³/mol. The van der Waals surface area contributed by atoms with Gasteiger partial charge in [0.2, 0.25) is 0 Å². The summed E-state index contributed by atoms with van der Waals surface area (Å²) in [4.78, 5) is 11.5. The van der Waals surface area contributed by atoms with Crippen LogP contribution >= 0.6 is 0 Å². The van der Waals surface area contributed by atoms with Crippen LogP contribution in [-0.2, 0) is 22.6 Å². The molecule has 2 aromatic rings. The maximum atomic E-state index is 11.5. The molecule has 0 bridgehead atoms. The number of carboxylic acid groups (broad SMARTS) is 1. The summed E-state index contributed by atoms with van der Waals surface area (Å²) < 4.78 is 11.5. The molecule has 1 N–H and O–H groups in total. The van der Waals surface area contributed by atoms with Crippen LogP contribution in [0.3, 0.4) is 0 Å². The molecule has 1 aliphatic rings. The zero-order valence-electron chi connectivity index (χ0n) is 14.3. The molecule has 25 heavy (non-hydrogen) atoms. The molecule has 0 spiro atoms. The Morgan fingerprint density at radius 2 is 1.68 bits per heavy atom. The first-order chi connectivity index (χ1) is 12.2. The van der Waals surface area contributed by atoms with Crippen molar-refractivity contribution in [2.75, 3.05) is 0 Å². The molecule has 0 radical (unpaired) electrons. The van der Waals surface area contributed by atoms with Crippen LogP contribution in [0, 0.1) is 0 Å². The second-order valence-corrected chi connectivity index (χ2v) is 6.49. The lowest BCUT2D eigenvalue weighted by Gasteiger charge is -2.18. The Hall–Kier alpha value is -2.33. The van der Waals surface area contributed by atoms with E-state index in [-0.39, 0.29) is 6.10 Å². The van der Waals surface area contributed by atoms with Crippen molar-refractivity contribution in [3.8, 4) is 5.75 Å². The van der Waals surface area contributed by atoms with E-state index in [0.717, 1.165) is 42.6 Å². The number of aliphatic carboxylic acids is 1. The molecule has 3 rings (SSSR count).